The first-order valence-corrected chi connectivity index (χ1v) is 8.05. The average molecular weight is 340 g/mol. The van der Waals surface area contributed by atoms with E-state index in [0.717, 1.165) is 23.5 Å². The molecule has 7 nitrogen and oxygen atoms in total. The number of amides is 2. The van der Waals surface area contributed by atoms with Gasteiger partial charge in [-0.15, -0.1) is 0 Å². The van der Waals surface area contributed by atoms with Gasteiger partial charge in [0.25, 0.3) is 5.91 Å². The van der Waals surface area contributed by atoms with Crippen LogP contribution in [0.5, 0.6) is 5.75 Å². The van der Waals surface area contributed by atoms with Gasteiger partial charge >= 0.3 is 0 Å². The highest BCUT2D eigenvalue weighted by Gasteiger charge is 2.22. The molecule has 3 rings (SSSR count). The van der Waals surface area contributed by atoms with E-state index < -0.39 is 0 Å². The molecule has 25 heavy (non-hydrogen) atoms. The minimum absolute atomic E-state index is 0.121. The van der Waals surface area contributed by atoms with Crippen molar-refractivity contribution in [3.8, 4) is 5.75 Å². The summed E-state index contributed by atoms with van der Waals surface area (Å²) in [6, 6.07) is 11.1. The molecular formula is C18H20N4O3. The Balaban J connectivity index is 1.68. The second-order valence-electron chi connectivity index (χ2n) is 5.72. The summed E-state index contributed by atoms with van der Waals surface area (Å²) in [5.41, 5.74) is 2.07. The van der Waals surface area contributed by atoms with Gasteiger partial charge in [0, 0.05) is 43.8 Å². The lowest BCUT2D eigenvalue weighted by molar-refractivity contribution is -0.119. The Bertz CT molecular complexity index is 740. The van der Waals surface area contributed by atoms with Gasteiger partial charge in [0.2, 0.25) is 6.41 Å². The molecular weight excluding hydrogens is 320 g/mol. The second-order valence-corrected chi connectivity index (χ2v) is 5.72. The third kappa shape index (κ3) is 4.06. The van der Waals surface area contributed by atoms with E-state index in [9.17, 15) is 9.59 Å². The third-order valence-corrected chi connectivity index (χ3v) is 4.11. The number of nitrogens with one attached hydrogen (secondary N) is 1. The van der Waals surface area contributed by atoms with Crippen molar-refractivity contribution >= 4 is 23.7 Å². The molecule has 0 saturated carbocycles. The Labute approximate surface area is 146 Å². The van der Waals surface area contributed by atoms with Gasteiger partial charge < -0.3 is 19.9 Å². The molecule has 1 aromatic carbocycles. The summed E-state index contributed by atoms with van der Waals surface area (Å²) in [7, 11) is 1.62. The fourth-order valence-electron chi connectivity index (χ4n) is 2.66. The van der Waals surface area contributed by atoms with E-state index in [1.807, 2.05) is 30.3 Å². The Morgan fingerprint density at radius 3 is 2.48 bits per heavy atom. The standard InChI is InChI=1S/C18H20N4O3/c1-25-16-4-2-14(3-5-16)20-15-6-7-19-17(12-15)18(24)22-10-8-21(13-23)9-11-22/h2-7,12-13H,8-11H2,1H3,(H,19,20). The van der Waals surface area contributed by atoms with Gasteiger partial charge in [0.1, 0.15) is 11.4 Å². The molecule has 0 aliphatic carbocycles. The zero-order valence-electron chi connectivity index (χ0n) is 14.0. The van der Waals surface area contributed by atoms with Crippen molar-refractivity contribution in [1.82, 2.24) is 14.8 Å². The van der Waals surface area contributed by atoms with Crippen LogP contribution in [-0.2, 0) is 4.79 Å². The first-order chi connectivity index (χ1) is 12.2. The Morgan fingerprint density at radius 1 is 1.12 bits per heavy atom. The summed E-state index contributed by atoms with van der Waals surface area (Å²) in [4.78, 5) is 30.9. The maximum absolute atomic E-state index is 12.6. The zero-order valence-corrected chi connectivity index (χ0v) is 14.0. The number of hydrogen-bond donors (Lipinski definition) is 1. The molecule has 1 N–H and O–H groups in total. The highest BCUT2D eigenvalue weighted by molar-refractivity contribution is 5.93. The topological polar surface area (TPSA) is 74.8 Å². The summed E-state index contributed by atoms with van der Waals surface area (Å²) in [5, 5.41) is 3.25. The van der Waals surface area contributed by atoms with Crippen molar-refractivity contribution in [2.45, 2.75) is 0 Å². The molecule has 1 aliphatic heterocycles. The van der Waals surface area contributed by atoms with Crippen LogP contribution in [0, 0.1) is 0 Å². The molecule has 2 amide bonds. The molecule has 2 heterocycles. The van der Waals surface area contributed by atoms with E-state index in [1.165, 1.54) is 0 Å². The van der Waals surface area contributed by atoms with Crippen LogP contribution in [0.1, 0.15) is 10.5 Å². The van der Waals surface area contributed by atoms with Crippen LogP contribution in [0.3, 0.4) is 0 Å². The van der Waals surface area contributed by atoms with Crippen LogP contribution in [-0.4, -0.2) is 60.4 Å². The number of piperazine rings is 1. The number of nitrogens with zero attached hydrogens (tertiary/aromatic N) is 3. The van der Waals surface area contributed by atoms with E-state index in [1.54, 1.807) is 29.2 Å². The minimum Gasteiger partial charge on any atom is -0.497 e. The predicted molar refractivity (Wildman–Crippen MR) is 94.1 cm³/mol. The lowest BCUT2D eigenvalue weighted by Gasteiger charge is -2.32. The second kappa shape index (κ2) is 7.65. The molecule has 1 aromatic heterocycles. The van der Waals surface area contributed by atoms with E-state index in [2.05, 4.69) is 10.3 Å². The SMILES string of the molecule is COc1ccc(Nc2ccnc(C(=O)N3CCN(C=O)CC3)c2)cc1. The van der Waals surface area contributed by atoms with Crippen LogP contribution < -0.4 is 10.1 Å². The highest BCUT2D eigenvalue weighted by atomic mass is 16.5. The Morgan fingerprint density at radius 2 is 1.84 bits per heavy atom. The molecule has 0 radical (unpaired) electrons. The Hall–Kier alpha value is -3.09. The molecule has 0 spiro atoms. The summed E-state index contributed by atoms with van der Waals surface area (Å²) >= 11 is 0. The van der Waals surface area contributed by atoms with Gasteiger partial charge in [-0.25, -0.2) is 0 Å². The maximum Gasteiger partial charge on any atom is 0.272 e. The lowest BCUT2D eigenvalue weighted by Crippen LogP contribution is -2.48. The number of aromatic nitrogens is 1. The fraction of sp³-hybridized carbons (Fsp3) is 0.278. The number of rotatable bonds is 5. The number of benzene rings is 1. The van der Waals surface area contributed by atoms with E-state index in [0.29, 0.717) is 31.9 Å². The monoisotopic (exact) mass is 340 g/mol. The molecule has 1 saturated heterocycles. The largest absolute Gasteiger partial charge is 0.497 e. The van der Waals surface area contributed by atoms with Crippen molar-refractivity contribution in [2.24, 2.45) is 0 Å². The number of hydrogen-bond acceptors (Lipinski definition) is 5. The van der Waals surface area contributed by atoms with Crippen molar-refractivity contribution in [1.29, 1.82) is 0 Å². The van der Waals surface area contributed by atoms with Gasteiger partial charge in [-0.3, -0.25) is 14.6 Å². The molecule has 0 atom stereocenters. The van der Waals surface area contributed by atoms with Gasteiger partial charge in [0.15, 0.2) is 0 Å². The normalized spacial score (nSPS) is 14.1. The number of ether oxygens (including phenoxy) is 1. The molecule has 1 fully saturated rings. The number of anilines is 2. The number of carbonyl (C=O) groups excluding carboxylic acids is 2. The maximum atomic E-state index is 12.6. The molecule has 0 unspecified atom stereocenters. The predicted octanol–water partition coefficient (Wildman–Crippen LogP) is 1.75. The first kappa shape index (κ1) is 16.8. The summed E-state index contributed by atoms with van der Waals surface area (Å²) in [6.07, 6.45) is 2.43. The summed E-state index contributed by atoms with van der Waals surface area (Å²) < 4.78 is 5.14. The van der Waals surface area contributed by atoms with Crippen LogP contribution >= 0.6 is 0 Å². The van der Waals surface area contributed by atoms with E-state index in [4.69, 9.17) is 4.74 Å². The minimum atomic E-state index is -0.121. The number of methoxy groups -OCH3 is 1. The Kier molecular flexibility index (Phi) is 5.13. The van der Waals surface area contributed by atoms with Crippen molar-refractivity contribution < 1.29 is 14.3 Å². The average Bonchev–Trinajstić information content (AvgIpc) is 2.68. The summed E-state index contributed by atoms with van der Waals surface area (Å²) in [5.74, 6) is 0.662. The van der Waals surface area contributed by atoms with Crippen molar-refractivity contribution in [3.05, 3.63) is 48.3 Å². The lowest BCUT2D eigenvalue weighted by atomic mass is 10.2. The van der Waals surface area contributed by atoms with Crippen LogP contribution in [0.15, 0.2) is 42.6 Å². The van der Waals surface area contributed by atoms with Crippen LogP contribution in [0.25, 0.3) is 0 Å². The molecule has 1 aliphatic rings. The van der Waals surface area contributed by atoms with Gasteiger partial charge in [-0.2, -0.15) is 0 Å². The summed E-state index contributed by atoms with van der Waals surface area (Å²) in [6.45, 7) is 2.16. The number of pyridine rings is 1. The van der Waals surface area contributed by atoms with Crippen molar-refractivity contribution in [2.75, 3.05) is 38.6 Å². The molecule has 2 aromatic rings. The van der Waals surface area contributed by atoms with Gasteiger partial charge in [0.05, 0.1) is 7.11 Å². The molecule has 130 valence electrons. The van der Waals surface area contributed by atoms with Gasteiger partial charge in [-0.1, -0.05) is 0 Å². The highest BCUT2D eigenvalue weighted by Crippen LogP contribution is 2.20. The van der Waals surface area contributed by atoms with E-state index >= 15 is 0 Å². The fourth-order valence-corrected chi connectivity index (χ4v) is 2.66. The van der Waals surface area contributed by atoms with Crippen molar-refractivity contribution in [3.63, 3.8) is 0 Å². The quantitative estimate of drug-likeness (QED) is 0.840. The third-order valence-electron chi connectivity index (χ3n) is 4.11. The molecule has 0 bridgehead atoms. The van der Waals surface area contributed by atoms with E-state index in [-0.39, 0.29) is 5.91 Å². The first-order valence-electron chi connectivity index (χ1n) is 8.05. The number of carbonyl (C=O) groups is 2. The van der Waals surface area contributed by atoms with Crippen LogP contribution in [0.4, 0.5) is 11.4 Å². The van der Waals surface area contributed by atoms with Crippen LogP contribution in [0.2, 0.25) is 0 Å². The van der Waals surface area contributed by atoms with Gasteiger partial charge in [-0.05, 0) is 36.4 Å². The molecule has 7 heteroatoms. The zero-order chi connectivity index (χ0) is 17.6. The smallest absolute Gasteiger partial charge is 0.272 e.